The number of benzene rings is 10. The van der Waals surface area contributed by atoms with E-state index in [-0.39, 0.29) is 5.41 Å². The van der Waals surface area contributed by atoms with Crippen LogP contribution >= 0.6 is 11.3 Å². The lowest BCUT2D eigenvalue weighted by Crippen LogP contribution is -2.15. The molecule has 13 aromatic rings. The number of nitrogens with zero attached hydrogens (tertiary/aromatic N) is 1. The summed E-state index contributed by atoms with van der Waals surface area (Å²) in [5.41, 5.74) is 21.5. The number of anilines is 3. The van der Waals surface area contributed by atoms with E-state index in [4.69, 9.17) is 8.83 Å². The zero-order valence-corrected chi connectivity index (χ0v) is 40.0. The van der Waals surface area contributed by atoms with Gasteiger partial charge < -0.3 is 13.7 Å². The fourth-order valence-electron chi connectivity index (χ4n) is 11.3. The number of para-hydroxylation sites is 4. The first-order valence-corrected chi connectivity index (χ1v) is 25.1. The van der Waals surface area contributed by atoms with E-state index in [0.717, 1.165) is 88.8 Å². The highest BCUT2D eigenvalue weighted by atomic mass is 32.1. The van der Waals surface area contributed by atoms with Crippen molar-refractivity contribution >= 4 is 72.3 Å². The van der Waals surface area contributed by atoms with Crippen LogP contribution in [0.1, 0.15) is 25.0 Å². The van der Waals surface area contributed by atoms with Crippen molar-refractivity contribution in [3.63, 3.8) is 0 Å². The van der Waals surface area contributed by atoms with Gasteiger partial charge in [0.05, 0.1) is 0 Å². The smallest absolute Gasteiger partial charge is 0.143 e. The van der Waals surface area contributed by atoms with Crippen molar-refractivity contribution in [2.75, 3.05) is 4.90 Å². The summed E-state index contributed by atoms with van der Waals surface area (Å²) in [7, 11) is 0. The highest BCUT2D eigenvalue weighted by Crippen LogP contribution is 2.59. The van der Waals surface area contributed by atoms with E-state index >= 15 is 0 Å². The second-order valence-corrected chi connectivity index (χ2v) is 20.2. The lowest BCUT2D eigenvalue weighted by molar-refractivity contribution is 0.664. The van der Waals surface area contributed by atoms with Crippen molar-refractivity contribution in [2.45, 2.75) is 19.3 Å². The summed E-state index contributed by atoms with van der Waals surface area (Å²) in [6.07, 6.45) is 0. The molecule has 336 valence electrons. The van der Waals surface area contributed by atoms with E-state index in [1.165, 1.54) is 48.7 Å². The van der Waals surface area contributed by atoms with E-state index in [9.17, 15) is 0 Å². The van der Waals surface area contributed by atoms with Gasteiger partial charge >= 0.3 is 0 Å². The zero-order chi connectivity index (χ0) is 47.2. The number of furan rings is 2. The van der Waals surface area contributed by atoms with Gasteiger partial charge in [-0.2, -0.15) is 0 Å². The second kappa shape index (κ2) is 16.2. The first-order chi connectivity index (χ1) is 35.0. The summed E-state index contributed by atoms with van der Waals surface area (Å²) in [6.45, 7) is 4.76. The Bertz CT molecular complexity index is 4000. The monoisotopic (exact) mass is 927 g/mol. The molecule has 0 aliphatic heterocycles. The molecule has 14 rings (SSSR count). The Labute approximate surface area is 416 Å². The third kappa shape index (κ3) is 6.63. The molecule has 0 bridgehead atoms. The quantitative estimate of drug-likeness (QED) is 0.152. The van der Waals surface area contributed by atoms with Crippen LogP contribution in [0.25, 0.3) is 109 Å². The molecular weight excluding hydrogens is 883 g/mol. The lowest BCUT2D eigenvalue weighted by atomic mass is 9.81. The van der Waals surface area contributed by atoms with Crippen LogP contribution in [0.5, 0.6) is 0 Å². The zero-order valence-electron chi connectivity index (χ0n) is 39.2. The van der Waals surface area contributed by atoms with E-state index < -0.39 is 0 Å². The van der Waals surface area contributed by atoms with Gasteiger partial charge in [-0.05, 0) is 98.6 Å². The summed E-state index contributed by atoms with van der Waals surface area (Å²) in [6, 6.07) is 85.2. The first-order valence-electron chi connectivity index (χ1n) is 24.3. The van der Waals surface area contributed by atoms with Gasteiger partial charge in [-0.3, -0.25) is 0 Å². The topological polar surface area (TPSA) is 29.5 Å². The van der Waals surface area contributed by atoms with Crippen molar-refractivity contribution < 1.29 is 8.83 Å². The van der Waals surface area contributed by atoms with Crippen molar-refractivity contribution in [3.8, 4) is 65.4 Å². The molecule has 0 unspecified atom stereocenters. The van der Waals surface area contributed by atoms with Gasteiger partial charge in [0.25, 0.3) is 0 Å². The Hall–Kier alpha value is -8.70. The van der Waals surface area contributed by atoms with Crippen LogP contribution in [-0.2, 0) is 5.41 Å². The summed E-state index contributed by atoms with van der Waals surface area (Å²) in [5, 5.41) is 4.51. The Kier molecular flexibility index (Phi) is 9.42. The van der Waals surface area contributed by atoms with Crippen molar-refractivity contribution in [1.82, 2.24) is 0 Å². The standard InChI is InChI=1S/C67H45NO2S/c1-67(2)58-23-9-6-18-57(58)61-62(67)66(46-14-4-3-5-15-46)71-65(61)47-28-26-42(27-29-47)43-30-36-48(37-31-43)68(49-38-32-44(33-39-49)51-19-12-21-55-53-16-7-10-24-59(53)69-63(51)55)50-40-34-45(35-41-50)52-20-13-22-56-54-17-8-11-25-60(54)70-64(52)56/h3-41H,1-2H3. The molecule has 0 N–H and O–H groups in total. The average Bonchev–Trinajstić information content (AvgIpc) is 4.19. The Morgan fingerprint density at radius 2 is 0.746 bits per heavy atom. The van der Waals surface area contributed by atoms with Crippen molar-refractivity contribution in [3.05, 3.63) is 248 Å². The predicted molar refractivity (Wildman–Crippen MR) is 298 cm³/mol. The maximum Gasteiger partial charge on any atom is 0.143 e. The number of hydrogen-bond acceptors (Lipinski definition) is 4. The predicted octanol–water partition coefficient (Wildman–Crippen LogP) is 19.7. The first kappa shape index (κ1) is 41.3. The number of hydrogen-bond donors (Lipinski definition) is 0. The van der Waals surface area contributed by atoms with Crippen LogP contribution in [0.2, 0.25) is 0 Å². The third-order valence-electron chi connectivity index (χ3n) is 14.7. The van der Waals surface area contributed by atoms with E-state index in [1.807, 2.05) is 35.6 Å². The van der Waals surface area contributed by atoms with Gasteiger partial charge in [-0.1, -0.05) is 202 Å². The number of rotatable bonds is 8. The van der Waals surface area contributed by atoms with Gasteiger partial charge in [0, 0.05) is 70.5 Å². The Balaban J connectivity index is 0.826. The molecule has 1 aliphatic rings. The second-order valence-electron chi connectivity index (χ2n) is 19.2. The van der Waals surface area contributed by atoms with E-state index in [2.05, 4.69) is 231 Å². The van der Waals surface area contributed by atoms with E-state index in [0.29, 0.717) is 0 Å². The maximum absolute atomic E-state index is 6.46. The molecule has 3 aromatic heterocycles. The van der Waals surface area contributed by atoms with E-state index in [1.54, 1.807) is 0 Å². The number of fused-ring (bicyclic) bond motifs is 9. The summed E-state index contributed by atoms with van der Waals surface area (Å²) in [5.74, 6) is 0. The molecule has 10 aromatic carbocycles. The SMILES string of the molecule is CC1(C)c2ccccc2-c2c(-c3ccc(-c4ccc(N(c5ccc(-c6cccc7c6oc6ccccc67)cc5)c5ccc(-c6cccc7c6oc6ccccc67)cc5)cc4)cc3)sc(-c3ccccc3)c21. The summed E-state index contributed by atoms with van der Waals surface area (Å²) >= 11 is 1.92. The molecule has 0 amide bonds. The minimum Gasteiger partial charge on any atom is -0.455 e. The molecule has 0 spiro atoms. The van der Waals surface area contributed by atoms with Crippen LogP contribution in [0.4, 0.5) is 17.1 Å². The normalized spacial score (nSPS) is 12.8. The molecule has 0 saturated heterocycles. The van der Waals surface area contributed by atoms with Gasteiger partial charge in [-0.15, -0.1) is 11.3 Å². The van der Waals surface area contributed by atoms with Gasteiger partial charge in [0.15, 0.2) is 0 Å². The lowest BCUT2D eigenvalue weighted by Gasteiger charge is -2.26. The summed E-state index contributed by atoms with van der Waals surface area (Å²) in [4.78, 5) is 5.03. The molecule has 0 atom stereocenters. The maximum atomic E-state index is 6.46. The Morgan fingerprint density at radius 3 is 1.30 bits per heavy atom. The van der Waals surface area contributed by atoms with Gasteiger partial charge in [0.1, 0.15) is 22.3 Å². The molecule has 3 nitrogen and oxygen atoms in total. The molecule has 0 fully saturated rings. The van der Waals surface area contributed by atoms with Crippen molar-refractivity contribution in [2.24, 2.45) is 0 Å². The van der Waals surface area contributed by atoms with Crippen LogP contribution in [-0.4, -0.2) is 0 Å². The Morgan fingerprint density at radius 1 is 0.338 bits per heavy atom. The molecule has 0 saturated carbocycles. The molecular formula is C67H45NO2S. The average molecular weight is 928 g/mol. The third-order valence-corrected chi connectivity index (χ3v) is 16.0. The minimum atomic E-state index is -0.0975. The van der Waals surface area contributed by atoms with Crippen LogP contribution in [0.15, 0.2) is 245 Å². The molecule has 4 heteroatoms. The highest BCUT2D eigenvalue weighted by molar-refractivity contribution is 7.19. The fraction of sp³-hybridized carbons (Fsp3) is 0.0448. The minimum absolute atomic E-state index is 0.0975. The van der Waals surface area contributed by atoms with Crippen molar-refractivity contribution in [1.29, 1.82) is 0 Å². The largest absolute Gasteiger partial charge is 0.455 e. The highest BCUT2D eigenvalue weighted by Gasteiger charge is 2.41. The van der Waals surface area contributed by atoms with Crippen LogP contribution in [0.3, 0.4) is 0 Å². The van der Waals surface area contributed by atoms with Crippen LogP contribution in [0, 0.1) is 0 Å². The number of thiophene rings is 1. The van der Waals surface area contributed by atoms with Gasteiger partial charge in [0.2, 0.25) is 0 Å². The fourth-order valence-corrected chi connectivity index (χ4v) is 12.7. The van der Waals surface area contributed by atoms with Crippen LogP contribution < -0.4 is 4.90 Å². The summed E-state index contributed by atoms with van der Waals surface area (Å²) < 4.78 is 12.9. The molecule has 1 aliphatic carbocycles. The molecule has 0 radical (unpaired) electrons. The van der Waals surface area contributed by atoms with Gasteiger partial charge in [-0.25, -0.2) is 0 Å². The molecule has 71 heavy (non-hydrogen) atoms. The molecule has 3 heterocycles.